The second-order valence-corrected chi connectivity index (χ2v) is 6.66. The molecule has 1 N–H and O–H groups in total. The molecule has 0 radical (unpaired) electrons. The van der Waals surface area contributed by atoms with E-state index >= 15 is 0 Å². The zero-order valence-electron chi connectivity index (χ0n) is 13.8. The second kappa shape index (κ2) is 5.96. The summed E-state index contributed by atoms with van der Waals surface area (Å²) in [7, 11) is 4.15. The summed E-state index contributed by atoms with van der Waals surface area (Å²) < 4.78 is 1.87. The molecule has 0 aliphatic carbocycles. The lowest BCUT2D eigenvalue weighted by atomic mass is 9.86. The number of nitrogens with one attached hydrogen (secondary N) is 1. The molecule has 0 saturated carbocycles. The molecule has 1 atom stereocenters. The standard InChI is InChI=1S/C15H26N6O/c1-12-17-13(20(3)18-12)10-21-9-8-19(2)15(11-21)5-4-14(22)16-7-6-15/h4-11H2,1-3H3,(H,16,22)/t15-/m1/s1. The molecule has 3 rings (SSSR count). The molecule has 2 aliphatic heterocycles. The minimum absolute atomic E-state index is 0.102. The van der Waals surface area contributed by atoms with E-state index in [1.54, 1.807) is 0 Å². The van der Waals surface area contributed by atoms with E-state index in [2.05, 4.69) is 32.2 Å². The number of hydrogen-bond acceptors (Lipinski definition) is 5. The van der Waals surface area contributed by atoms with Gasteiger partial charge in [-0.3, -0.25) is 19.3 Å². The summed E-state index contributed by atoms with van der Waals surface area (Å²) in [5.74, 6) is 2.02. The van der Waals surface area contributed by atoms with E-state index in [0.717, 1.165) is 57.2 Å². The van der Waals surface area contributed by atoms with Gasteiger partial charge >= 0.3 is 0 Å². The molecule has 22 heavy (non-hydrogen) atoms. The van der Waals surface area contributed by atoms with E-state index in [-0.39, 0.29) is 11.4 Å². The molecular formula is C15H26N6O. The van der Waals surface area contributed by atoms with Crippen molar-refractivity contribution in [2.45, 2.75) is 38.3 Å². The summed E-state index contributed by atoms with van der Waals surface area (Å²) in [5, 5.41) is 7.34. The van der Waals surface area contributed by atoms with Gasteiger partial charge in [0, 0.05) is 45.2 Å². The van der Waals surface area contributed by atoms with Crippen LogP contribution in [-0.2, 0) is 18.4 Å². The van der Waals surface area contributed by atoms with E-state index < -0.39 is 0 Å². The summed E-state index contributed by atoms with van der Waals surface area (Å²) in [6, 6.07) is 0. The lowest BCUT2D eigenvalue weighted by Crippen LogP contribution is -2.60. The summed E-state index contributed by atoms with van der Waals surface area (Å²) in [6.07, 6.45) is 2.58. The Hall–Kier alpha value is -1.47. The third kappa shape index (κ3) is 3.01. The topological polar surface area (TPSA) is 66.3 Å². The molecule has 1 amide bonds. The molecule has 0 bridgehead atoms. The minimum atomic E-state index is 0.102. The first-order valence-electron chi connectivity index (χ1n) is 8.05. The zero-order chi connectivity index (χ0) is 15.7. The SMILES string of the molecule is Cc1nc(CN2CCN(C)[C@]3(CCNC(=O)CC3)C2)n(C)n1. The highest BCUT2D eigenvalue weighted by atomic mass is 16.1. The number of piperazine rings is 1. The van der Waals surface area contributed by atoms with Gasteiger partial charge in [-0.25, -0.2) is 4.98 Å². The van der Waals surface area contributed by atoms with Crippen molar-refractivity contribution in [1.82, 2.24) is 29.9 Å². The fourth-order valence-corrected chi connectivity index (χ4v) is 3.71. The van der Waals surface area contributed by atoms with Crippen LogP contribution in [0.5, 0.6) is 0 Å². The monoisotopic (exact) mass is 306 g/mol. The van der Waals surface area contributed by atoms with Crippen molar-refractivity contribution in [2.24, 2.45) is 7.05 Å². The molecular weight excluding hydrogens is 280 g/mol. The second-order valence-electron chi connectivity index (χ2n) is 6.66. The molecule has 1 spiro atoms. The largest absolute Gasteiger partial charge is 0.356 e. The average Bonchev–Trinajstić information content (AvgIpc) is 2.67. The number of amides is 1. The van der Waals surface area contributed by atoms with Crippen LogP contribution >= 0.6 is 0 Å². The van der Waals surface area contributed by atoms with E-state index in [0.29, 0.717) is 6.42 Å². The quantitative estimate of drug-likeness (QED) is 0.827. The number of rotatable bonds is 2. The maximum atomic E-state index is 11.7. The van der Waals surface area contributed by atoms with Gasteiger partial charge in [-0.1, -0.05) is 0 Å². The third-order valence-corrected chi connectivity index (χ3v) is 5.13. The predicted molar refractivity (Wildman–Crippen MR) is 83.2 cm³/mol. The Morgan fingerprint density at radius 2 is 2.09 bits per heavy atom. The number of carbonyl (C=O) groups excluding carboxylic acids is 1. The van der Waals surface area contributed by atoms with Crippen LogP contribution in [0.25, 0.3) is 0 Å². The van der Waals surface area contributed by atoms with Crippen LogP contribution in [0.4, 0.5) is 0 Å². The van der Waals surface area contributed by atoms with Gasteiger partial charge in [-0.2, -0.15) is 5.10 Å². The molecule has 7 nitrogen and oxygen atoms in total. The average molecular weight is 306 g/mol. The first kappa shape index (κ1) is 15.4. The van der Waals surface area contributed by atoms with Crippen molar-refractivity contribution < 1.29 is 4.79 Å². The van der Waals surface area contributed by atoms with Gasteiger partial charge < -0.3 is 5.32 Å². The van der Waals surface area contributed by atoms with Crippen molar-refractivity contribution in [3.05, 3.63) is 11.6 Å². The van der Waals surface area contributed by atoms with Crippen LogP contribution in [0.3, 0.4) is 0 Å². The first-order valence-corrected chi connectivity index (χ1v) is 8.05. The molecule has 2 aliphatic rings. The Bertz CT molecular complexity index is 556. The first-order chi connectivity index (χ1) is 10.5. The predicted octanol–water partition coefficient (Wildman–Crippen LogP) is -0.0902. The normalized spacial score (nSPS) is 27.9. The number of carbonyl (C=O) groups is 1. The zero-order valence-corrected chi connectivity index (χ0v) is 13.8. The number of aromatic nitrogens is 3. The van der Waals surface area contributed by atoms with Crippen LogP contribution in [-0.4, -0.2) is 69.2 Å². The van der Waals surface area contributed by atoms with Gasteiger partial charge in [0.1, 0.15) is 11.6 Å². The van der Waals surface area contributed by atoms with Crippen LogP contribution in [0.2, 0.25) is 0 Å². The van der Waals surface area contributed by atoms with Crippen LogP contribution in [0, 0.1) is 6.92 Å². The smallest absolute Gasteiger partial charge is 0.220 e. The molecule has 122 valence electrons. The molecule has 2 fully saturated rings. The van der Waals surface area contributed by atoms with Crippen LogP contribution in [0.1, 0.15) is 30.9 Å². The molecule has 1 aromatic rings. The maximum absolute atomic E-state index is 11.7. The van der Waals surface area contributed by atoms with Crippen LogP contribution in [0.15, 0.2) is 0 Å². The van der Waals surface area contributed by atoms with Crippen molar-refractivity contribution in [3.8, 4) is 0 Å². The summed E-state index contributed by atoms with van der Waals surface area (Å²) in [4.78, 5) is 21.1. The van der Waals surface area contributed by atoms with E-state index in [9.17, 15) is 4.79 Å². The van der Waals surface area contributed by atoms with Crippen molar-refractivity contribution in [2.75, 3.05) is 33.2 Å². The fraction of sp³-hybridized carbons (Fsp3) is 0.800. The summed E-state index contributed by atoms with van der Waals surface area (Å²) >= 11 is 0. The highest BCUT2D eigenvalue weighted by molar-refractivity contribution is 5.76. The van der Waals surface area contributed by atoms with Gasteiger partial charge in [-0.15, -0.1) is 0 Å². The number of hydrogen-bond donors (Lipinski definition) is 1. The molecule has 2 saturated heterocycles. The summed E-state index contributed by atoms with van der Waals surface area (Å²) in [6.45, 7) is 6.59. The van der Waals surface area contributed by atoms with Gasteiger partial charge in [0.2, 0.25) is 5.91 Å². The van der Waals surface area contributed by atoms with E-state index in [1.165, 1.54) is 0 Å². The third-order valence-electron chi connectivity index (χ3n) is 5.13. The Morgan fingerprint density at radius 1 is 1.27 bits per heavy atom. The van der Waals surface area contributed by atoms with Crippen molar-refractivity contribution >= 4 is 5.91 Å². The van der Waals surface area contributed by atoms with E-state index in [4.69, 9.17) is 0 Å². The highest BCUT2D eigenvalue weighted by Gasteiger charge is 2.40. The lowest BCUT2D eigenvalue weighted by Gasteiger charge is -2.49. The van der Waals surface area contributed by atoms with Crippen LogP contribution < -0.4 is 5.32 Å². The van der Waals surface area contributed by atoms with Gasteiger partial charge in [0.25, 0.3) is 0 Å². The highest BCUT2D eigenvalue weighted by Crippen LogP contribution is 2.30. The maximum Gasteiger partial charge on any atom is 0.220 e. The number of nitrogens with zero attached hydrogens (tertiary/aromatic N) is 5. The molecule has 0 unspecified atom stereocenters. The molecule has 0 aromatic carbocycles. The summed E-state index contributed by atoms with van der Waals surface area (Å²) in [5.41, 5.74) is 0.102. The fourth-order valence-electron chi connectivity index (χ4n) is 3.71. The Labute approximate surface area is 131 Å². The van der Waals surface area contributed by atoms with E-state index in [1.807, 2.05) is 18.7 Å². The Balaban J connectivity index is 1.72. The molecule has 1 aromatic heterocycles. The van der Waals surface area contributed by atoms with Crippen molar-refractivity contribution in [1.29, 1.82) is 0 Å². The van der Waals surface area contributed by atoms with Gasteiger partial charge in [0.15, 0.2) is 0 Å². The Kier molecular flexibility index (Phi) is 4.18. The van der Waals surface area contributed by atoms with Gasteiger partial charge in [0.05, 0.1) is 6.54 Å². The number of aryl methyl sites for hydroxylation is 2. The minimum Gasteiger partial charge on any atom is -0.356 e. The molecule has 3 heterocycles. The van der Waals surface area contributed by atoms with Crippen molar-refractivity contribution in [3.63, 3.8) is 0 Å². The lowest BCUT2D eigenvalue weighted by molar-refractivity contribution is -0.121. The molecule has 7 heteroatoms. The van der Waals surface area contributed by atoms with Gasteiger partial charge in [-0.05, 0) is 26.8 Å². The number of likely N-dealkylation sites (N-methyl/N-ethyl adjacent to an activating group) is 1. The Morgan fingerprint density at radius 3 is 2.82 bits per heavy atom.